The Morgan fingerprint density at radius 2 is 1.96 bits per heavy atom. The van der Waals surface area contributed by atoms with Crippen LogP contribution in [0.1, 0.15) is 25.7 Å². The van der Waals surface area contributed by atoms with Gasteiger partial charge in [-0.25, -0.2) is 0 Å². The molecule has 1 aliphatic carbocycles. The van der Waals surface area contributed by atoms with Gasteiger partial charge in [-0.1, -0.05) is 0 Å². The molecular weight excluding hydrogens is 324 g/mol. The third kappa shape index (κ3) is 8.77. The predicted molar refractivity (Wildman–Crippen MR) is 93.5 cm³/mol. The van der Waals surface area contributed by atoms with Gasteiger partial charge in [0.15, 0.2) is 5.92 Å². The first-order chi connectivity index (χ1) is 12.2. The van der Waals surface area contributed by atoms with E-state index < -0.39 is 11.9 Å². The molecule has 0 aromatic heterocycles. The standard InChI is InChI=1S/C18H28N2O5/c1-22-8-4-7-20-16-6-3-5-15(13-16)17(14-19)18(21)25-12-11-24-10-9-23-2/h13,17H,3-12H2,1-2H3. The second-order valence-electron chi connectivity index (χ2n) is 5.63. The predicted octanol–water partition coefficient (Wildman–Crippen LogP) is 1.92. The SMILES string of the molecule is COCCCN=C1C=C(C(C#N)C(=O)OCCOCCOC)CCC1. The Morgan fingerprint density at radius 3 is 2.68 bits per heavy atom. The Labute approximate surface area is 149 Å². The van der Waals surface area contributed by atoms with Gasteiger partial charge in [-0.15, -0.1) is 0 Å². The molecule has 0 heterocycles. The maximum absolute atomic E-state index is 12.1. The summed E-state index contributed by atoms with van der Waals surface area (Å²) in [6.45, 7) is 2.72. The molecule has 1 rings (SSSR count). The van der Waals surface area contributed by atoms with Crippen molar-refractivity contribution in [2.24, 2.45) is 10.9 Å². The lowest BCUT2D eigenvalue weighted by atomic mass is 9.89. The van der Waals surface area contributed by atoms with Crippen LogP contribution in [-0.2, 0) is 23.7 Å². The zero-order valence-electron chi connectivity index (χ0n) is 15.2. The van der Waals surface area contributed by atoms with Crippen LogP contribution in [0, 0.1) is 17.2 Å². The average molecular weight is 352 g/mol. The van der Waals surface area contributed by atoms with Crippen LogP contribution in [0.2, 0.25) is 0 Å². The summed E-state index contributed by atoms with van der Waals surface area (Å²) in [5, 5.41) is 9.36. The molecule has 1 atom stereocenters. The zero-order chi connectivity index (χ0) is 18.3. The number of nitrogens with zero attached hydrogens (tertiary/aromatic N) is 2. The number of ether oxygens (including phenoxy) is 4. The van der Waals surface area contributed by atoms with E-state index in [1.165, 1.54) is 0 Å². The third-order valence-corrected chi connectivity index (χ3v) is 3.71. The molecule has 0 bridgehead atoms. The number of aliphatic imine (C=N–C) groups is 1. The van der Waals surface area contributed by atoms with Gasteiger partial charge in [-0.05, 0) is 37.3 Å². The number of carbonyl (C=O) groups excluding carboxylic acids is 1. The fourth-order valence-electron chi connectivity index (χ4n) is 2.43. The molecule has 25 heavy (non-hydrogen) atoms. The van der Waals surface area contributed by atoms with E-state index in [4.69, 9.17) is 18.9 Å². The quantitative estimate of drug-likeness (QED) is 0.394. The van der Waals surface area contributed by atoms with E-state index in [0.29, 0.717) is 33.0 Å². The first kappa shape index (κ1) is 21.3. The third-order valence-electron chi connectivity index (χ3n) is 3.71. The monoisotopic (exact) mass is 352 g/mol. The first-order valence-corrected chi connectivity index (χ1v) is 8.58. The van der Waals surface area contributed by atoms with E-state index in [2.05, 4.69) is 11.1 Å². The van der Waals surface area contributed by atoms with E-state index in [1.807, 2.05) is 6.08 Å². The average Bonchev–Trinajstić information content (AvgIpc) is 2.63. The molecule has 1 aliphatic rings. The summed E-state index contributed by atoms with van der Waals surface area (Å²) < 4.78 is 20.2. The fraction of sp³-hybridized carbons (Fsp3) is 0.722. The van der Waals surface area contributed by atoms with Gasteiger partial charge in [0.1, 0.15) is 6.61 Å². The highest BCUT2D eigenvalue weighted by atomic mass is 16.6. The Balaban J connectivity index is 2.49. The summed E-state index contributed by atoms with van der Waals surface area (Å²) >= 11 is 0. The van der Waals surface area contributed by atoms with Gasteiger partial charge in [0.05, 0.1) is 25.9 Å². The molecule has 0 saturated carbocycles. The van der Waals surface area contributed by atoms with Gasteiger partial charge in [0.2, 0.25) is 0 Å². The van der Waals surface area contributed by atoms with Gasteiger partial charge in [0.25, 0.3) is 0 Å². The van der Waals surface area contributed by atoms with Gasteiger partial charge in [-0.2, -0.15) is 5.26 Å². The summed E-state index contributed by atoms with van der Waals surface area (Å²) in [6, 6.07) is 2.05. The highest BCUT2D eigenvalue weighted by Gasteiger charge is 2.26. The van der Waals surface area contributed by atoms with Crippen LogP contribution in [-0.4, -0.2) is 65.5 Å². The molecule has 0 aromatic carbocycles. The number of hydrogen-bond donors (Lipinski definition) is 0. The van der Waals surface area contributed by atoms with E-state index in [9.17, 15) is 10.1 Å². The Hall–Kier alpha value is -1.75. The van der Waals surface area contributed by atoms with Crippen molar-refractivity contribution in [3.63, 3.8) is 0 Å². The largest absolute Gasteiger partial charge is 0.462 e. The molecule has 0 radical (unpaired) electrons. The second kappa shape index (κ2) is 13.5. The Bertz CT molecular complexity index is 496. The molecule has 0 fully saturated rings. The molecular formula is C18H28N2O5. The summed E-state index contributed by atoms with van der Waals surface area (Å²) in [7, 11) is 3.26. The molecule has 0 spiro atoms. The van der Waals surface area contributed by atoms with Gasteiger partial charge in [0, 0.05) is 33.1 Å². The van der Waals surface area contributed by atoms with Crippen molar-refractivity contribution < 1.29 is 23.7 Å². The van der Waals surface area contributed by atoms with Crippen molar-refractivity contribution in [3.8, 4) is 6.07 Å². The molecule has 7 nitrogen and oxygen atoms in total. The Morgan fingerprint density at radius 1 is 1.20 bits per heavy atom. The summed E-state index contributed by atoms with van der Waals surface area (Å²) in [6.07, 6.45) is 5.21. The molecule has 0 N–H and O–H groups in total. The number of rotatable bonds is 12. The highest BCUT2D eigenvalue weighted by Crippen LogP contribution is 2.24. The van der Waals surface area contributed by atoms with Crippen LogP contribution in [0.4, 0.5) is 0 Å². The van der Waals surface area contributed by atoms with E-state index in [1.54, 1.807) is 14.2 Å². The van der Waals surface area contributed by atoms with E-state index in [0.717, 1.165) is 37.0 Å². The molecule has 1 unspecified atom stereocenters. The summed E-state index contributed by atoms with van der Waals surface area (Å²) in [5.74, 6) is -1.40. The molecule has 0 aliphatic heterocycles. The number of methoxy groups -OCH3 is 2. The maximum Gasteiger partial charge on any atom is 0.327 e. The number of esters is 1. The summed E-state index contributed by atoms with van der Waals surface area (Å²) in [4.78, 5) is 16.7. The van der Waals surface area contributed by atoms with E-state index in [-0.39, 0.29) is 6.61 Å². The maximum atomic E-state index is 12.1. The van der Waals surface area contributed by atoms with Crippen molar-refractivity contribution in [1.82, 2.24) is 0 Å². The van der Waals surface area contributed by atoms with Gasteiger partial charge >= 0.3 is 5.97 Å². The van der Waals surface area contributed by atoms with Crippen LogP contribution in [0.3, 0.4) is 0 Å². The lowest BCUT2D eigenvalue weighted by Crippen LogP contribution is -2.23. The molecule has 140 valence electrons. The minimum Gasteiger partial charge on any atom is -0.462 e. The van der Waals surface area contributed by atoms with Crippen LogP contribution in [0.25, 0.3) is 0 Å². The Kier molecular flexibility index (Phi) is 11.5. The van der Waals surface area contributed by atoms with Crippen molar-refractivity contribution in [1.29, 1.82) is 5.26 Å². The second-order valence-corrected chi connectivity index (χ2v) is 5.63. The van der Waals surface area contributed by atoms with Crippen molar-refractivity contribution in [3.05, 3.63) is 11.6 Å². The van der Waals surface area contributed by atoms with Crippen molar-refractivity contribution >= 4 is 11.7 Å². The van der Waals surface area contributed by atoms with Crippen LogP contribution in [0.5, 0.6) is 0 Å². The zero-order valence-corrected chi connectivity index (χ0v) is 15.2. The van der Waals surface area contributed by atoms with Crippen LogP contribution < -0.4 is 0 Å². The van der Waals surface area contributed by atoms with Crippen LogP contribution in [0.15, 0.2) is 16.6 Å². The smallest absolute Gasteiger partial charge is 0.327 e. The first-order valence-electron chi connectivity index (χ1n) is 8.58. The normalized spacial score (nSPS) is 17.0. The molecule has 0 aromatic rings. The lowest BCUT2D eigenvalue weighted by molar-refractivity contribution is -0.147. The van der Waals surface area contributed by atoms with E-state index >= 15 is 0 Å². The van der Waals surface area contributed by atoms with Crippen molar-refractivity contribution in [2.45, 2.75) is 25.7 Å². The highest BCUT2D eigenvalue weighted by molar-refractivity contribution is 5.97. The topological polar surface area (TPSA) is 90.1 Å². The minimum atomic E-state index is -0.872. The number of hydrogen-bond acceptors (Lipinski definition) is 7. The fourth-order valence-corrected chi connectivity index (χ4v) is 2.43. The van der Waals surface area contributed by atoms with Crippen molar-refractivity contribution in [2.75, 3.05) is 53.8 Å². The van der Waals surface area contributed by atoms with Gasteiger partial charge < -0.3 is 18.9 Å². The number of nitriles is 1. The van der Waals surface area contributed by atoms with Gasteiger partial charge in [-0.3, -0.25) is 9.79 Å². The number of carbonyl (C=O) groups is 1. The van der Waals surface area contributed by atoms with Crippen LogP contribution >= 0.6 is 0 Å². The molecule has 0 amide bonds. The molecule has 7 heteroatoms. The minimum absolute atomic E-state index is 0.131. The number of allylic oxidation sites excluding steroid dienone is 1. The lowest BCUT2D eigenvalue weighted by Gasteiger charge is -2.18. The summed E-state index contributed by atoms with van der Waals surface area (Å²) in [5.41, 5.74) is 1.72. The molecule has 0 saturated heterocycles.